The van der Waals surface area contributed by atoms with Crippen molar-refractivity contribution in [2.75, 3.05) is 7.11 Å². The van der Waals surface area contributed by atoms with E-state index in [2.05, 4.69) is 19.1 Å². The van der Waals surface area contributed by atoms with Crippen LogP contribution in [0.5, 0.6) is 5.75 Å². The van der Waals surface area contributed by atoms with Crippen molar-refractivity contribution in [1.29, 1.82) is 0 Å². The summed E-state index contributed by atoms with van der Waals surface area (Å²) in [6.45, 7) is 2.18. The van der Waals surface area contributed by atoms with Gasteiger partial charge in [0.2, 0.25) is 0 Å². The SMILES string of the molecule is CCCC1CC1(O)CCc1ccc(OC)cc1. The molecule has 1 aliphatic carbocycles. The second-order valence-corrected chi connectivity index (χ2v) is 5.14. The third-order valence-corrected chi connectivity index (χ3v) is 3.84. The van der Waals surface area contributed by atoms with Crippen LogP contribution in [-0.2, 0) is 6.42 Å². The zero-order valence-corrected chi connectivity index (χ0v) is 10.8. The Morgan fingerprint density at radius 3 is 2.65 bits per heavy atom. The molecule has 94 valence electrons. The summed E-state index contributed by atoms with van der Waals surface area (Å²) in [4.78, 5) is 0. The van der Waals surface area contributed by atoms with Crippen molar-refractivity contribution in [2.45, 2.75) is 44.6 Å². The van der Waals surface area contributed by atoms with Crippen LogP contribution in [0.4, 0.5) is 0 Å². The maximum atomic E-state index is 10.3. The molecular weight excluding hydrogens is 212 g/mol. The number of ether oxygens (including phenoxy) is 1. The van der Waals surface area contributed by atoms with E-state index in [9.17, 15) is 5.11 Å². The molecular formula is C15H22O2. The number of benzene rings is 1. The highest BCUT2D eigenvalue weighted by atomic mass is 16.5. The Morgan fingerprint density at radius 2 is 2.06 bits per heavy atom. The van der Waals surface area contributed by atoms with E-state index in [1.165, 1.54) is 18.4 Å². The molecule has 0 saturated heterocycles. The number of hydrogen-bond acceptors (Lipinski definition) is 2. The Labute approximate surface area is 104 Å². The van der Waals surface area contributed by atoms with Crippen molar-refractivity contribution in [3.05, 3.63) is 29.8 Å². The fourth-order valence-corrected chi connectivity index (χ4v) is 2.55. The molecule has 0 heterocycles. The third-order valence-electron chi connectivity index (χ3n) is 3.84. The molecule has 1 N–H and O–H groups in total. The summed E-state index contributed by atoms with van der Waals surface area (Å²) in [7, 11) is 1.68. The second kappa shape index (κ2) is 5.09. The van der Waals surface area contributed by atoms with Gasteiger partial charge in [-0.25, -0.2) is 0 Å². The van der Waals surface area contributed by atoms with Crippen LogP contribution in [0.25, 0.3) is 0 Å². The fraction of sp³-hybridized carbons (Fsp3) is 0.600. The van der Waals surface area contributed by atoms with Gasteiger partial charge in [-0.1, -0.05) is 25.5 Å². The van der Waals surface area contributed by atoms with E-state index in [4.69, 9.17) is 4.74 Å². The van der Waals surface area contributed by atoms with E-state index in [0.29, 0.717) is 5.92 Å². The second-order valence-electron chi connectivity index (χ2n) is 5.14. The Bertz CT molecular complexity index is 358. The van der Waals surface area contributed by atoms with Crippen LogP contribution in [0.3, 0.4) is 0 Å². The maximum Gasteiger partial charge on any atom is 0.118 e. The molecule has 0 spiro atoms. The van der Waals surface area contributed by atoms with Gasteiger partial charge in [0.15, 0.2) is 0 Å². The summed E-state index contributed by atoms with van der Waals surface area (Å²) in [5.41, 5.74) is 0.914. The van der Waals surface area contributed by atoms with Crippen molar-refractivity contribution >= 4 is 0 Å². The zero-order chi connectivity index (χ0) is 12.3. The predicted octanol–water partition coefficient (Wildman–Crippen LogP) is 3.18. The molecule has 2 unspecified atom stereocenters. The van der Waals surface area contributed by atoms with Gasteiger partial charge in [-0.05, 0) is 49.3 Å². The van der Waals surface area contributed by atoms with Crippen molar-refractivity contribution in [3.63, 3.8) is 0 Å². The average Bonchev–Trinajstić information content (AvgIpc) is 2.99. The zero-order valence-electron chi connectivity index (χ0n) is 10.8. The quantitative estimate of drug-likeness (QED) is 0.819. The summed E-state index contributed by atoms with van der Waals surface area (Å²) in [5.74, 6) is 1.44. The lowest BCUT2D eigenvalue weighted by Crippen LogP contribution is -2.12. The number of rotatable bonds is 6. The molecule has 2 heteroatoms. The summed E-state index contributed by atoms with van der Waals surface area (Å²) < 4.78 is 5.13. The molecule has 1 fully saturated rings. The summed E-state index contributed by atoms with van der Waals surface area (Å²) in [5, 5.41) is 10.3. The number of aliphatic hydroxyl groups is 1. The largest absolute Gasteiger partial charge is 0.497 e. The molecule has 1 saturated carbocycles. The number of methoxy groups -OCH3 is 1. The minimum Gasteiger partial charge on any atom is -0.497 e. The van der Waals surface area contributed by atoms with Gasteiger partial charge in [-0.3, -0.25) is 0 Å². The van der Waals surface area contributed by atoms with Gasteiger partial charge >= 0.3 is 0 Å². The Hall–Kier alpha value is -1.02. The minimum atomic E-state index is -0.365. The van der Waals surface area contributed by atoms with Crippen LogP contribution in [-0.4, -0.2) is 17.8 Å². The molecule has 0 bridgehead atoms. The van der Waals surface area contributed by atoms with Crippen molar-refractivity contribution in [3.8, 4) is 5.75 Å². The summed E-state index contributed by atoms with van der Waals surface area (Å²) >= 11 is 0. The van der Waals surface area contributed by atoms with Crippen LogP contribution in [0.1, 0.15) is 38.2 Å². The molecule has 2 nitrogen and oxygen atoms in total. The fourth-order valence-electron chi connectivity index (χ4n) is 2.55. The van der Waals surface area contributed by atoms with Crippen LogP contribution in [0.2, 0.25) is 0 Å². The van der Waals surface area contributed by atoms with Crippen LogP contribution in [0.15, 0.2) is 24.3 Å². The van der Waals surface area contributed by atoms with E-state index in [-0.39, 0.29) is 5.60 Å². The highest BCUT2D eigenvalue weighted by Crippen LogP contribution is 2.49. The maximum absolute atomic E-state index is 10.3. The molecule has 0 aromatic heterocycles. The number of hydrogen-bond donors (Lipinski definition) is 1. The minimum absolute atomic E-state index is 0.365. The lowest BCUT2D eigenvalue weighted by Gasteiger charge is -2.10. The summed E-state index contributed by atoms with van der Waals surface area (Å²) in [6, 6.07) is 8.13. The first kappa shape index (κ1) is 12.4. The molecule has 0 amide bonds. The predicted molar refractivity (Wildman–Crippen MR) is 69.3 cm³/mol. The van der Waals surface area contributed by atoms with Crippen LogP contribution >= 0.6 is 0 Å². The molecule has 1 aliphatic rings. The lowest BCUT2D eigenvalue weighted by molar-refractivity contribution is 0.119. The van der Waals surface area contributed by atoms with E-state index in [0.717, 1.165) is 25.0 Å². The monoisotopic (exact) mass is 234 g/mol. The average molecular weight is 234 g/mol. The molecule has 2 rings (SSSR count). The topological polar surface area (TPSA) is 29.5 Å². The first-order chi connectivity index (χ1) is 8.18. The smallest absolute Gasteiger partial charge is 0.118 e. The van der Waals surface area contributed by atoms with Crippen LogP contribution in [0, 0.1) is 5.92 Å². The van der Waals surface area contributed by atoms with Crippen molar-refractivity contribution in [1.82, 2.24) is 0 Å². The van der Waals surface area contributed by atoms with E-state index >= 15 is 0 Å². The Balaban J connectivity index is 1.82. The first-order valence-electron chi connectivity index (χ1n) is 6.53. The highest BCUT2D eigenvalue weighted by molar-refractivity contribution is 5.27. The summed E-state index contributed by atoms with van der Waals surface area (Å²) in [6.07, 6.45) is 5.19. The van der Waals surface area contributed by atoms with Crippen LogP contribution < -0.4 is 4.74 Å². The number of aryl methyl sites for hydroxylation is 1. The molecule has 2 atom stereocenters. The van der Waals surface area contributed by atoms with Gasteiger partial charge in [-0.15, -0.1) is 0 Å². The van der Waals surface area contributed by atoms with E-state index in [1.54, 1.807) is 7.11 Å². The van der Waals surface area contributed by atoms with Gasteiger partial charge < -0.3 is 9.84 Å². The first-order valence-corrected chi connectivity index (χ1v) is 6.53. The lowest BCUT2D eigenvalue weighted by atomic mass is 10.0. The van der Waals surface area contributed by atoms with E-state index < -0.39 is 0 Å². The molecule has 0 aliphatic heterocycles. The third kappa shape index (κ3) is 3.01. The van der Waals surface area contributed by atoms with Gasteiger partial charge in [0, 0.05) is 0 Å². The van der Waals surface area contributed by atoms with Crippen molar-refractivity contribution < 1.29 is 9.84 Å². The van der Waals surface area contributed by atoms with E-state index in [1.807, 2.05) is 12.1 Å². The molecule has 17 heavy (non-hydrogen) atoms. The van der Waals surface area contributed by atoms with Crippen molar-refractivity contribution in [2.24, 2.45) is 5.92 Å². The highest BCUT2D eigenvalue weighted by Gasteiger charge is 2.50. The molecule has 0 radical (unpaired) electrons. The molecule has 1 aromatic carbocycles. The standard InChI is InChI=1S/C15H22O2/c1-3-4-13-11-15(13,16)10-9-12-5-7-14(17-2)8-6-12/h5-8,13,16H,3-4,9-11H2,1-2H3. The Kier molecular flexibility index (Phi) is 3.72. The Morgan fingerprint density at radius 1 is 1.35 bits per heavy atom. The van der Waals surface area contributed by atoms with Gasteiger partial charge in [0.1, 0.15) is 5.75 Å². The van der Waals surface area contributed by atoms with Gasteiger partial charge in [-0.2, -0.15) is 0 Å². The molecule has 1 aromatic rings. The van der Waals surface area contributed by atoms with Gasteiger partial charge in [0.25, 0.3) is 0 Å². The van der Waals surface area contributed by atoms with Gasteiger partial charge in [0.05, 0.1) is 12.7 Å². The normalized spacial score (nSPS) is 26.9.